The molecule has 6 heteroatoms. The van der Waals surface area contributed by atoms with Crippen molar-refractivity contribution in [2.24, 2.45) is 5.73 Å². The van der Waals surface area contributed by atoms with Gasteiger partial charge in [-0.15, -0.1) is 0 Å². The maximum absolute atomic E-state index is 11.7. The summed E-state index contributed by atoms with van der Waals surface area (Å²) in [5.41, 5.74) is 6.66. The molecule has 0 fully saturated rings. The van der Waals surface area contributed by atoms with Crippen molar-refractivity contribution in [2.75, 3.05) is 13.7 Å². The number of aromatic carboxylic acids is 1. The molecule has 1 atom stereocenters. The van der Waals surface area contributed by atoms with E-state index in [1.165, 1.54) is 12.1 Å². The first-order valence-corrected chi connectivity index (χ1v) is 6.39. The first-order valence-electron chi connectivity index (χ1n) is 6.39. The predicted octanol–water partition coefficient (Wildman–Crippen LogP) is 0.755. The number of ether oxygens (including phenoxy) is 1. The average molecular weight is 280 g/mol. The van der Waals surface area contributed by atoms with Crippen LogP contribution in [0.3, 0.4) is 0 Å². The van der Waals surface area contributed by atoms with Crippen molar-refractivity contribution in [1.29, 1.82) is 0 Å². The van der Waals surface area contributed by atoms with Gasteiger partial charge in [0.05, 0.1) is 11.6 Å². The largest absolute Gasteiger partial charge is 0.478 e. The SMILES string of the molecule is COCCCC(N)C(=O)NCc1cccc(C(=O)O)c1. The van der Waals surface area contributed by atoms with E-state index < -0.39 is 12.0 Å². The van der Waals surface area contributed by atoms with Gasteiger partial charge in [0.1, 0.15) is 0 Å². The number of carboxylic acid groups (broad SMARTS) is 1. The number of carbonyl (C=O) groups excluding carboxylic acids is 1. The van der Waals surface area contributed by atoms with E-state index in [2.05, 4.69) is 5.32 Å². The first kappa shape index (κ1) is 16.1. The van der Waals surface area contributed by atoms with Crippen molar-refractivity contribution in [1.82, 2.24) is 5.32 Å². The lowest BCUT2D eigenvalue weighted by Gasteiger charge is -2.12. The number of carboxylic acids is 1. The lowest BCUT2D eigenvalue weighted by molar-refractivity contribution is -0.122. The number of hydrogen-bond acceptors (Lipinski definition) is 4. The second-order valence-corrected chi connectivity index (χ2v) is 4.46. The van der Waals surface area contributed by atoms with Gasteiger partial charge in [0.2, 0.25) is 5.91 Å². The molecule has 4 N–H and O–H groups in total. The van der Waals surface area contributed by atoms with Crippen molar-refractivity contribution in [3.63, 3.8) is 0 Å². The molecule has 0 saturated carbocycles. The third kappa shape index (κ3) is 5.38. The number of carbonyl (C=O) groups is 2. The number of nitrogens with two attached hydrogens (primary N) is 1. The molecule has 1 rings (SSSR count). The monoisotopic (exact) mass is 280 g/mol. The third-order valence-corrected chi connectivity index (χ3v) is 2.84. The van der Waals surface area contributed by atoms with Crippen LogP contribution in [0.1, 0.15) is 28.8 Å². The van der Waals surface area contributed by atoms with Crippen LogP contribution >= 0.6 is 0 Å². The third-order valence-electron chi connectivity index (χ3n) is 2.84. The highest BCUT2D eigenvalue weighted by molar-refractivity contribution is 5.87. The molecule has 0 radical (unpaired) electrons. The van der Waals surface area contributed by atoms with Crippen LogP contribution in [0.2, 0.25) is 0 Å². The summed E-state index contributed by atoms with van der Waals surface area (Å²) in [5.74, 6) is -1.24. The van der Waals surface area contributed by atoms with E-state index in [-0.39, 0.29) is 18.0 Å². The van der Waals surface area contributed by atoms with Gasteiger partial charge in [-0.05, 0) is 30.5 Å². The van der Waals surface area contributed by atoms with E-state index in [0.29, 0.717) is 13.0 Å². The molecule has 1 unspecified atom stereocenters. The topological polar surface area (TPSA) is 102 Å². The molecule has 1 amide bonds. The predicted molar refractivity (Wildman–Crippen MR) is 74.3 cm³/mol. The summed E-state index contributed by atoms with van der Waals surface area (Å²) in [6.45, 7) is 0.833. The van der Waals surface area contributed by atoms with Gasteiger partial charge in [-0.25, -0.2) is 4.79 Å². The summed E-state index contributed by atoms with van der Waals surface area (Å²) in [7, 11) is 1.60. The van der Waals surface area contributed by atoms with Gasteiger partial charge in [0.25, 0.3) is 0 Å². The molecule has 20 heavy (non-hydrogen) atoms. The van der Waals surface area contributed by atoms with Crippen LogP contribution in [-0.4, -0.2) is 36.7 Å². The molecule has 0 aliphatic rings. The van der Waals surface area contributed by atoms with E-state index in [4.69, 9.17) is 15.6 Å². The van der Waals surface area contributed by atoms with E-state index in [1.54, 1.807) is 19.2 Å². The summed E-state index contributed by atoms with van der Waals surface area (Å²) in [6, 6.07) is 5.85. The van der Waals surface area contributed by atoms with Crippen LogP contribution in [0.5, 0.6) is 0 Å². The maximum atomic E-state index is 11.7. The zero-order chi connectivity index (χ0) is 15.0. The first-order chi connectivity index (χ1) is 9.54. The Labute approximate surface area is 117 Å². The normalized spacial score (nSPS) is 11.9. The Hall–Kier alpha value is -1.92. The number of rotatable bonds is 8. The van der Waals surface area contributed by atoms with Crippen molar-refractivity contribution < 1.29 is 19.4 Å². The molecule has 6 nitrogen and oxygen atoms in total. The Bertz CT molecular complexity index is 462. The fraction of sp³-hybridized carbons (Fsp3) is 0.429. The number of benzene rings is 1. The van der Waals surface area contributed by atoms with Gasteiger partial charge in [0, 0.05) is 20.3 Å². The molecule has 0 aliphatic heterocycles. The standard InChI is InChI=1S/C14H20N2O4/c1-20-7-3-6-12(15)13(17)16-9-10-4-2-5-11(8-10)14(18)19/h2,4-5,8,12H,3,6-7,9,15H2,1H3,(H,16,17)(H,18,19). The van der Waals surface area contributed by atoms with Gasteiger partial charge in [-0.1, -0.05) is 12.1 Å². The summed E-state index contributed by atoms with van der Waals surface area (Å²) >= 11 is 0. The van der Waals surface area contributed by atoms with Crippen LogP contribution in [0.4, 0.5) is 0 Å². The molecule has 110 valence electrons. The van der Waals surface area contributed by atoms with Crippen molar-refractivity contribution in [3.8, 4) is 0 Å². The maximum Gasteiger partial charge on any atom is 0.335 e. The van der Waals surface area contributed by atoms with Crippen molar-refractivity contribution in [2.45, 2.75) is 25.4 Å². The average Bonchev–Trinajstić information content (AvgIpc) is 2.45. The summed E-state index contributed by atoms with van der Waals surface area (Å²) in [5, 5.41) is 11.6. The molecule has 0 heterocycles. The van der Waals surface area contributed by atoms with Crippen molar-refractivity contribution >= 4 is 11.9 Å². The number of hydrogen-bond donors (Lipinski definition) is 3. The molecular formula is C14H20N2O4. The van der Waals surface area contributed by atoms with Crippen LogP contribution in [0, 0.1) is 0 Å². The van der Waals surface area contributed by atoms with E-state index in [9.17, 15) is 9.59 Å². The van der Waals surface area contributed by atoms with Gasteiger partial charge in [0.15, 0.2) is 0 Å². The molecule has 0 spiro atoms. The Kier molecular flexibility index (Phi) is 6.69. The lowest BCUT2D eigenvalue weighted by Crippen LogP contribution is -2.40. The van der Waals surface area contributed by atoms with E-state index in [0.717, 1.165) is 12.0 Å². The number of nitrogens with one attached hydrogen (secondary N) is 1. The lowest BCUT2D eigenvalue weighted by atomic mass is 10.1. The van der Waals surface area contributed by atoms with Crippen LogP contribution in [0.15, 0.2) is 24.3 Å². The fourth-order valence-electron chi connectivity index (χ4n) is 1.71. The molecule has 0 saturated heterocycles. The van der Waals surface area contributed by atoms with Crippen LogP contribution < -0.4 is 11.1 Å². The Morgan fingerprint density at radius 1 is 1.45 bits per heavy atom. The van der Waals surface area contributed by atoms with E-state index in [1.807, 2.05) is 0 Å². The van der Waals surface area contributed by atoms with Crippen LogP contribution in [0.25, 0.3) is 0 Å². The highest BCUT2D eigenvalue weighted by atomic mass is 16.5. The van der Waals surface area contributed by atoms with Gasteiger partial charge >= 0.3 is 5.97 Å². The second-order valence-electron chi connectivity index (χ2n) is 4.46. The zero-order valence-electron chi connectivity index (χ0n) is 11.5. The minimum atomic E-state index is -0.991. The second kappa shape index (κ2) is 8.29. The number of methoxy groups -OCH3 is 1. The van der Waals surface area contributed by atoms with Crippen LogP contribution in [-0.2, 0) is 16.1 Å². The Balaban J connectivity index is 2.44. The van der Waals surface area contributed by atoms with Gasteiger partial charge in [-0.2, -0.15) is 0 Å². The summed E-state index contributed by atoms with van der Waals surface area (Å²) in [6.07, 6.45) is 1.27. The quantitative estimate of drug-likeness (QED) is 0.610. The summed E-state index contributed by atoms with van der Waals surface area (Å²) in [4.78, 5) is 22.6. The molecule has 1 aromatic carbocycles. The zero-order valence-corrected chi connectivity index (χ0v) is 11.5. The van der Waals surface area contributed by atoms with Crippen molar-refractivity contribution in [3.05, 3.63) is 35.4 Å². The minimum Gasteiger partial charge on any atom is -0.478 e. The van der Waals surface area contributed by atoms with Gasteiger partial charge in [-0.3, -0.25) is 4.79 Å². The minimum absolute atomic E-state index is 0.196. The highest BCUT2D eigenvalue weighted by Gasteiger charge is 2.12. The Morgan fingerprint density at radius 2 is 2.20 bits per heavy atom. The molecule has 1 aromatic rings. The molecular weight excluding hydrogens is 260 g/mol. The number of amides is 1. The van der Waals surface area contributed by atoms with E-state index >= 15 is 0 Å². The molecule has 0 aliphatic carbocycles. The molecule has 0 aromatic heterocycles. The summed E-state index contributed by atoms with van der Waals surface area (Å²) < 4.78 is 4.89. The molecule has 0 bridgehead atoms. The smallest absolute Gasteiger partial charge is 0.335 e. The van der Waals surface area contributed by atoms with Gasteiger partial charge < -0.3 is 20.9 Å². The fourth-order valence-corrected chi connectivity index (χ4v) is 1.71. The Morgan fingerprint density at radius 3 is 2.85 bits per heavy atom. The highest BCUT2D eigenvalue weighted by Crippen LogP contribution is 2.05.